The molecular weight excluding hydrogens is 410 g/mol. The van der Waals surface area contributed by atoms with E-state index in [0.29, 0.717) is 0 Å². The third-order valence-electron chi connectivity index (χ3n) is 4.80. The molecule has 2 aliphatic rings. The molecule has 12 heteroatoms. The molecular formula is C17H24F2N4O5S. The molecule has 2 N–H and O–H groups in total. The summed E-state index contributed by atoms with van der Waals surface area (Å²) in [6, 6.07) is 1.33. The molecule has 1 aromatic heterocycles. The normalized spacial score (nSPS) is 20.0. The molecule has 0 radical (unpaired) electrons. The lowest BCUT2D eigenvalue weighted by Gasteiger charge is -2.37. The van der Waals surface area contributed by atoms with Gasteiger partial charge >= 0.3 is 10.2 Å². The molecule has 1 amide bonds. The van der Waals surface area contributed by atoms with Crippen molar-refractivity contribution in [2.24, 2.45) is 0 Å². The number of aliphatic hydroxyl groups excluding tert-OH is 1. The van der Waals surface area contributed by atoms with Gasteiger partial charge in [-0.1, -0.05) is 0 Å². The summed E-state index contributed by atoms with van der Waals surface area (Å²) in [5.41, 5.74) is -0.724. The maximum absolute atomic E-state index is 13.4. The topological polar surface area (TPSA) is 112 Å². The van der Waals surface area contributed by atoms with Crippen molar-refractivity contribution in [2.75, 3.05) is 37.2 Å². The molecule has 162 valence electrons. The second kappa shape index (κ2) is 7.65. The number of fused-ring (bicyclic) bond motifs is 1. The first kappa shape index (κ1) is 21.7. The van der Waals surface area contributed by atoms with Gasteiger partial charge in [0.1, 0.15) is 12.3 Å². The number of ether oxygens (including phenoxy) is 1. The van der Waals surface area contributed by atoms with Crippen LogP contribution in [0.4, 0.5) is 14.5 Å². The third kappa shape index (κ3) is 4.59. The van der Waals surface area contributed by atoms with Gasteiger partial charge in [0.15, 0.2) is 0 Å². The lowest BCUT2D eigenvalue weighted by atomic mass is 10.1. The molecule has 0 atom stereocenters. The van der Waals surface area contributed by atoms with E-state index < -0.39 is 40.4 Å². The summed E-state index contributed by atoms with van der Waals surface area (Å²) < 4.78 is 60.4. The lowest BCUT2D eigenvalue weighted by molar-refractivity contribution is -0.0412. The highest BCUT2D eigenvalue weighted by atomic mass is 32.2. The molecule has 0 bridgehead atoms. The Morgan fingerprint density at radius 2 is 2.00 bits per heavy atom. The van der Waals surface area contributed by atoms with E-state index in [0.717, 1.165) is 8.61 Å². The summed E-state index contributed by atoms with van der Waals surface area (Å²) in [7, 11) is -4.09. The fourth-order valence-electron chi connectivity index (χ4n) is 3.04. The first-order valence-corrected chi connectivity index (χ1v) is 10.6. The van der Waals surface area contributed by atoms with Crippen LogP contribution in [-0.2, 0) is 10.2 Å². The van der Waals surface area contributed by atoms with Gasteiger partial charge in [-0.25, -0.2) is 18.1 Å². The number of nitrogens with zero attached hydrogens (tertiary/aromatic N) is 3. The van der Waals surface area contributed by atoms with Crippen molar-refractivity contribution in [3.05, 3.63) is 17.8 Å². The first-order chi connectivity index (χ1) is 13.5. The Morgan fingerprint density at radius 3 is 2.62 bits per heavy atom. The number of carbonyl (C=O) groups excluding carboxylic acids is 1. The van der Waals surface area contributed by atoms with Crippen molar-refractivity contribution in [2.45, 2.75) is 38.2 Å². The molecule has 1 aromatic rings. The van der Waals surface area contributed by atoms with Gasteiger partial charge in [0, 0.05) is 32.1 Å². The number of nitrogens with one attached hydrogen (secondary N) is 1. The molecule has 3 rings (SSSR count). The second-order valence-electron chi connectivity index (χ2n) is 7.73. The Kier molecular flexibility index (Phi) is 5.71. The number of alkyl halides is 2. The minimum absolute atomic E-state index is 0.0306. The molecule has 3 heterocycles. The van der Waals surface area contributed by atoms with Gasteiger partial charge in [0.05, 0.1) is 24.3 Å². The predicted octanol–water partition coefficient (Wildman–Crippen LogP) is 0.757. The van der Waals surface area contributed by atoms with Gasteiger partial charge in [-0.05, 0) is 19.9 Å². The Balaban J connectivity index is 1.88. The summed E-state index contributed by atoms with van der Waals surface area (Å²) in [6.45, 7) is 2.40. The van der Waals surface area contributed by atoms with Crippen LogP contribution in [0.1, 0.15) is 37.0 Å². The highest BCUT2D eigenvalue weighted by Crippen LogP contribution is 2.35. The SMILES string of the molecule is CC(C)(CO)NC(=O)c1cnc2c(c1)N(S(=O)(=O)N1CCC(F)(F)CC1)CCO2. The van der Waals surface area contributed by atoms with Crippen molar-refractivity contribution < 1.29 is 31.8 Å². The molecule has 29 heavy (non-hydrogen) atoms. The monoisotopic (exact) mass is 434 g/mol. The molecule has 0 unspecified atom stereocenters. The molecule has 0 aliphatic carbocycles. The fourth-order valence-corrected chi connectivity index (χ4v) is 4.65. The van der Waals surface area contributed by atoms with E-state index >= 15 is 0 Å². The quantitative estimate of drug-likeness (QED) is 0.708. The van der Waals surface area contributed by atoms with Gasteiger partial charge in [-0.3, -0.25) is 4.79 Å². The summed E-state index contributed by atoms with van der Waals surface area (Å²) in [5, 5.41) is 11.9. The maximum Gasteiger partial charge on any atom is 0.304 e. The van der Waals surface area contributed by atoms with E-state index in [1.54, 1.807) is 13.8 Å². The van der Waals surface area contributed by atoms with Crippen molar-refractivity contribution >= 4 is 21.8 Å². The van der Waals surface area contributed by atoms with Crippen LogP contribution in [-0.4, -0.2) is 73.0 Å². The zero-order valence-corrected chi connectivity index (χ0v) is 17.0. The number of rotatable bonds is 5. The van der Waals surface area contributed by atoms with Crippen LogP contribution in [0.15, 0.2) is 12.3 Å². The van der Waals surface area contributed by atoms with Gasteiger partial charge < -0.3 is 15.2 Å². The number of pyridine rings is 1. The average Bonchev–Trinajstić information content (AvgIpc) is 2.66. The molecule has 0 aromatic carbocycles. The van der Waals surface area contributed by atoms with E-state index in [-0.39, 0.29) is 50.0 Å². The predicted molar refractivity (Wildman–Crippen MR) is 100 cm³/mol. The minimum atomic E-state index is -4.09. The summed E-state index contributed by atoms with van der Waals surface area (Å²) >= 11 is 0. The standard InChI is InChI=1S/C17H24F2N4O5S/c1-16(2,11-24)21-14(25)12-9-13-15(20-10-12)28-8-7-23(13)29(26,27)22-5-3-17(18,19)4-6-22/h9-10,24H,3-8,11H2,1-2H3,(H,21,25). The zero-order chi connectivity index (χ0) is 21.4. The number of piperidine rings is 1. The number of anilines is 1. The van der Waals surface area contributed by atoms with Crippen LogP contribution in [0, 0.1) is 0 Å². The van der Waals surface area contributed by atoms with E-state index in [1.807, 2.05) is 0 Å². The summed E-state index contributed by atoms with van der Waals surface area (Å²) in [5.74, 6) is -3.37. The largest absolute Gasteiger partial charge is 0.474 e. The zero-order valence-electron chi connectivity index (χ0n) is 16.2. The highest BCUT2D eigenvalue weighted by Gasteiger charge is 2.42. The average molecular weight is 434 g/mol. The van der Waals surface area contributed by atoms with Gasteiger partial charge in [-0.15, -0.1) is 0 Å². The molecule has 2 aliphatic heterocycles. The molecule has 1 fully saturated rings. The van der Waals surface area contributed by atoms with E-state index in [4.69, 9.17) is 4.74 Å². The minimum Gasteiger partial charge on any atom is -0.474 e. The number of hydrogen-bond acceptors (Lipinski definition) is 6. The second-order valence-corrected chi connectivity index (χ2v) is 9.58. The van der Waals surface area contributed by atoms with Crippen molar-refractivity contribution in [3.8, 4) is 5.88 Å². The number of amides is 1. The lowest BCUT2D eigenvalue weighted by Crippen LogP contribution is -2.51. The van der Waals surface area contributed by atoms with E-state index in [9.17, 15) is 27.1 Å². The molecule has 1 saturated heterocycles. The number of carbonyl (C=O) groups is 1. The number of halogens is 2. The van der Waals surface area contributed by atoms with Crippen LogP contribution in [0.25, 0.3) is 0 Å². The Hall–Kier alpha value is -2.05. The number of aromatic nitrogens is 1. The smallest absolute Gasteiger partial charge is 0.304 e. The van der Waals surface area contributed by atoms with Gasteiger partial charge in [0.25, 0.3) is 11.8 Å². The first-order valence-electron chi connectivity index (χ1n) is 9.17. The Bertz CT molecular complexity index is 884. The van der Waals surface area contributed by atoms with E-state index in [1.165, 1.54) is 12.3 Å². The van der Waals surface area contributed by atoms with Crippen LogP contribution in [0.3, 0.4) is 0 Å². The number of aliphatic hydroxyl groups is 1. The van der Waals surface area contributed by atoms with Crippen LogP contribution in [0.5, 0.6) is 5.88 Å². The van der Waals surface area contributed by atoms with Crippen LogP contribution >= 0.6 is 0 Å². The Morgan fingerprint density at radius 1 is 1.34 bits per heavy atom. The molecule has 0 saturated carbocycles. The van der Waals surface area contributed by atoms with E-state index in [2.05, 4.69) is 10.3 Å². The van der Waals surface area contributed by atoms with Crippen LogP contribution < -0.4 is 14.4 Å². The van der Waals surface area contributed by atoms with Crippen molar-refractivity contribution in [3.63, 3.8) is 0 Å². The fraction of sp³-hybridized carbons (Fsp3) is 0.647. The van der Waals surface area contributed by atoms with Crippen LogP contribution in [0.2, 0.25) is 0 Å². The Labute approximate surface area is 167 Å². The highest BCUT2D eigenvalue weighted by molar-refractivity contribution is 7.90. The maximum atomic E-state index is 13.4. The molecule has 0 spiro atoms. The summed E-state index contributed by atoms with van der Waals surface area (Å²) in [4.78, 5) is 16.5. The number of hydrogen-bond donors (Lipinski definition) is 2. The summed E-state index contributed by atoms with van der Waals surface area (Å²) in [6.07, 6.45) is 0.167. The third-order valence-corrected chi connectivity index (χ3v) is 6.76. The molecule has 9 nitrogen and oxygen atoms in total. The van der Waals surface area contributed by atoms with Crippen molar-refractivity contribution in [1.29, 1.82) is 0 Å². The van der Waals surface area contributed by atoms with Gasteiger partial charge in [-0.2, -0.15) is 12.7 Å². The van der Waals surface area contributed by atoms with Crippen molar-refractivity contribution in [1.82, 2.24) is 14.6 Å². The van der Waals surface area contributed by atoms with Gasteiger partial charge in [0.2, 0.25) is 5.88 Å².